The lowest BCUT2D eigenvalue weighted by molar-refractivity contribution is -0.139. The number of carbonyl (C=O) groups is 3. The van der Waals surface area contributed by atoms with Gasteiger partial charge in [0.05, 0.1) is 20.4 Å². The van der Waals surface area contributed by atoms with Crippen LogP contribution in [0, 0.1) is 6.92 Å². The summed E-state index contributed by atoms with van der Waals surface area (Å²) in [5.41, 5.74) is 5.21. The van der Waals surface area contributed by atoms with E-state index in [9.17, 15) is 14.4 Å². The second-order valence-electron chi connectivity index (χ2n) is 8.38. The monoisotopic (exact) mass is 674 g/mol. The van der Waals surface area contributed by atoms with Crippen LogP contribution in [0.1, 0.15) is 16.7 Å². The van der Waals surface area contributed by atoms with E-state index in [1.165, 1.54) is 6.21 Å². The maximum absolute atomic E-state index is 12.4. The molecule has 0 radical (unpaired) electrons. The Hall–Kier alpha value is -3.90. The molecule has 3 N–H and O–H groups in total. The number of nitrogens with one attached hydrogen (secondary N) is 3. The number of halogens is 2. The number of rotatable bonds is 11. The van der Waals surface area contributed by atoms with Gasteiger partial charge in [-0.25, -0.2) is 5.43 Å². The number of hydrogen-bond acceptors (Lipinski definition) is 7. The van der Waals surface area contributed by atoms with Crippen LogP contribution in [0.3, 0.4) is 0 Å². The van der Waals surface area contributed by atoms with Crippen LogP contribution in [0.2, 0.25) is 0 Å². The molecular formula is C28H28Br2N4O6. The third-order valence-electron chi connectivity index (χ3n) is 5.50. The van der Waals surface area contributed by atoms with E-state index in [2.05, 4.69) is 53.0 Å². The van der Waals surface area contributed by atoms with Gasteiger partial charge in [-0.15, -0.1) is 0 Å². The summed E-state index contributed by atoms with van der Waals surface area (Å²) in [6.07, 6.45) is 1.81. The lowest BCUT2D eigenvalue weighted by Crippen LogP contribution is -2.38. The highest BCUT2D eigenvalue weighted by Crippen LogP contribution is 2.27. The predicted octanol–water partition coefficient (Wildman–Crippen LogP) is 4.36. The minimum absolute atomic E-state index is 0.233. The van der Waals surface area contributed by atoms with Gasteiger partial charge in [0.1, 0.15) is 5.75 Å². The van der Waals surface area contributed by atoms with Crippen molar-refractivity contribution in [1.82, 2.24) is 10.7 Å². The van der Waals surface area contributed by atoms with Gasteiger partial charge in [0, 0.05) is 26.7 Å². The molecule has 0 aliphatic rings. The maximum Gasteiger partial charge on any atom is 0.329 e. The number of nitrogens with zero attached hydrogens (tertiary/aromatic N) is 1. The fourth-order valence-electron chi connectivity index (χ4n) is 3.46. The molecule has 0 heterocycles. The molecule has 3 rings (SSSR count). The second-order valence-corrected chi connectivity index (χ2v) is 10.1. The number of methoxy groups -OCH3 is 2. The number of ether oxygens (including phenoxy) is 3. The second kappa shape index (κ2) is 15.0. The van der Waals surface area contributed by atoms with Crippen molar-refractivity contribution in [2.45, 2.75) is 13.3 Å². The molecule has 0 atom stereocenters. The highest BCUT2D eigenvalue weighted by Gasteiger charge is 2.13. The van der Waals surface area contributed by atoms with Crippen LogP contribution in [0.25, 0.3) is 0 Å². The standard InChI is InChI=1S/C28H28Br2N4O6/c1-17-12-21(6-7-22(17)30)33-26(35)16-40-23-9-5-20(29)14-19(23)15-32-34-28(37)27(36)31-11-10-18-4-8-24(38-2)25(13-18)39-3/h4-9,12-15H,10-11,16H2,1-3H3,(H,31,36)(H,33,35)(H,34,37)/b32-15-. The van der Waals surface area contributed by atoms with Crippen molar-refractivity contribution in [3.63, 3.8) is 0 Å². The molecule has 12 heteroatoms. The molecule has 10 nitrogen and oxygen atoms in total. The van der Waals surface area contributed by atoms with Crippen molar-refractivity contribution >= 4 is 61.5 Å². The number of benzene rings is 3. The molecule has 210 valence electrons. The van der Waals surface area contributed by atoms with Crippen LogP contribution >= 0.6 is 31.9 Å². The van der Waals surface area contributed by atoms with Crippen LogP contribution in [-0.2, 0) is 20.8 Å². The van der Waals surface area contributed by atoms with Crippen molar-refractivity contribution < 1.29 is 28.6 Å². The summed E-state index contributed by atoms with van der Waals surface area (Å²) in [4.78, 5) is 36.7. The summed E-state index contributed by atoms with van der Waals surface area (Å²) in [5, 5.41) is 9.19. The highest BCUT2D eigenvalue weighted by molar-refractivity contribution is 9.10. The molecular weight excluding hydrogens is 648 g/mol. The van der Waals surface area contributed by atoms with E-state index in [-0.39, 0.29) is 19.1 Å². The number of hydrogen-bond donors (Lipinski definition) is 3. The Morgan fingerprint density at radius 2 is 1.65 bits per heavy atom. The lowest BCUT2D eigenvalue weighted by Gasteiger charge is -2.11. The van der Waals surface area contributed by atoms with E-state index >= 15 is 0 Å². The summed E-state index contributed by atoms with van der Waals surface area (Å²) >= 11 is 6.80. The van der Waals surface area contributed by atoms with E-state index in [1.54, 1.807) is 50.6 Å². The molecule has 0 aliphatic carbocycles. The predicted molar refractivity (Wildman–Crippen MR) is 159 cm³/mol. The minimum atomic E-state index is -0.926. The molecule has 0 aliphatic heterocycles. The van der Waals surface area contributed by atoms with Crippen LogP contribution in [0.5, 0.6) is 17.2 Å². The van der Waals surface area contributed by atoms with Gasteiger partial charge in [-0.2, -0.15) is 5.10 Å². The molecule has 3 aromatic carbocycles. The molecule has 0 aromatic heterocycles. The van der Waals surface area contributed by atoms with Crippen molar-refractivity contribution in [3.8, 4) is 17.2 Å². The first-order valence-electron chi connectivity index (χ1n) is 12.0. The molecule has 40 heavy (non-hydrogen) atoms. The molecule has 3 amide bonds. The van der Waals surface area contributed by atoms with Gasteiger partial charge >= 0.3 is 11.8 Å². The molecule has 0 unspecified atom stereocenters. The van der Waals surface area contributed by atoms with E-state index < -0.39 is 11.8 Å². The van der Waals surface area contributed by atoms with Gasteiger partial charge in [0.2, 0.25) is 0 Å². The Balaban J connectivity index is 1.50. The molecule has 0 saturated heterocycles. The Morgan fingerprint density at radius 3 is 2.38 bits per heavy atom. The van der Waals surface area contributed by atoms with Crippen molar-refractivity contribution in [3.05, 3.63) is 80.2 Å². The fourth-order valence-corrected chi connectivity index (χ4v) is 4.09. The van der Waals surface area contributed by atoms with Crippen molar-refractivity contribution in [2.24, 2.45) is 5.10 Å². The van der Waals surface area contributed by atoms with Gasteiger partial charge in [-0.1, -0.05) is 37.9 Å². The maximum atomic E-state index is 12.4. The lowest BCUT2D eigenvalue weighted by atomic mass is 10.1. The van der Waals surface area contributed by atoms with Crippen LogP contribution in [0.4, 0.5) is 5.69 Å². The van der Waals surface area contributed by atoms with Crippen LogP contribution in [0.15, 0.2) is 68.6 Å². The Morgan fingerprint density at radius 1 is 0.900 bits per heavy atom. The van der Waals surface area contributed by atoms with Crippen LogP contribution < -0.4 is 30.3 Å². The number of anilines is 1. The SMILES string of the molecule is COc1ccc(CCNC(=O)C(=O)N/N=C\c2cc(Br)ccc2OCC(=O)Nc2ccc(Br)c(C)c2)cc1OC. The van der Waals surface area contributed by atoms with Crippen molar-refractivity contribution in [2.75, 3.05) is 32.7 Å². The summed E-state index contributed by atoms with van der Waals surface area (Å²) < 4.78 is 17.8. The molecule has 0 fully saturated rings. The minimum Gasteiger partial charge on any atom is -0.493 e. The normalized spacial score (nSPS) is 10.6. The average Bonchev–Trinajstić information content (AvgIpc) is 2.94. The zero-order chi connectivity index (χ0) is 29.1. The van der Waals surface area contributed by atoms with Crippen molar-refractivity contribution in [1.29, 1.82) is 0 Å². The third-order valence-corrected chi connectivity index (χ3v) is 6.88. The van der Waals surface area contributed by atoms with Gasteiger partial charge in [0.25, 0.3) is 5.91 Å². The van der Waals surface area contributed by atoms with Gasteiger partial charge in [-0.05, 0) is 73.0 Å². The highest BCUT2D eigenvalue weighted by atomic mass is 79.9. The quantitative estimate of drug-likeness (QED) is 0.158. The first-order chi connectivity index (χ1) is 19.2. The Bertz CT molecular complexity index is 1410. The average molecular weight is 676 g/mol. The Labute approximate surface area is 248 Å². The van der Waals surface area contributed by atoms with Gasteiger partial charge in [-0.3, -0.25) is 14.4 Å². The number of aryl methyl sites for hydroxylation is 1. The molecule has 3 aromatic rings. The summed E-state index contributed by atoms with van der Waals surface area (Å²) in [5.74, 6) is -0.554. The zero-order valence-electron chi connectivity index (χ0n) is 22.0. The number of carbonyl (C=O) groups excluding carboxylic acids is 3. The Kier molecular flexibility index (Phi) is 11.5. The van der Waals surface area contributed by atoms with E-state index in [0.717, 1.165) is 20.1 Å². The number of hydrazone groups is 1. The molecule has 0 bridgehead atoms. The fraction of sp³-hybridized carbons (Fsp3) is 0.214. The van der Waals surface area contributed by atoms with Gasteiger partial charge < -0.3 is 24.8 Å². The topological polar surface area (TPSA) is 127 Å². The summed E-state index contributed by atoms with van der Waals surface area (Å²) in [6, 6.07) is 16.0. The van der Waals surface area contributed by atoms with Gasteiger partial charge in [0.15, 0.2) is 18.1 Å². The van der Waals surface area contributed by atoms with E-state index in [1.807, 2.05) is 25.1 Å². The third kappa shape index (κ3) is 9.09. The smallest absolute Gasteiger partial charge is 0.329 e. The zero-order valence-corrected chi connectivity index (χ0v) is 25.2. The summed E-state index contributed by atoms with van der Waals surface area (Å²) in [7, 11) is 3.09. The molecule has 0 saturated carbocycles. The largest absolute Gasteiger partial charge is 0.493 e. The number of amides is 3. The van der Waals surface area contributed by atoms with Crippen LogP contribution in [-0.4, -0.2) is 51.3 Å². The summed E-state index contributed by atoms with van der Waals surface area (Å²) in [6.45, 7) is 1.91. The molecule has 0 spiro atoms. The van der Waals surface area contributed by atoms with E-state index in [0.29, 0.717) is 34.9 Å². The van der Waals surface area contributed by atoms with E-state index in [4.69, 9.17) is 14.2 Å². The first-order valence-corrected chi connectivity index (χ1v) is 13.6. The first kappa shape index (κ1) is 30.6.